The first kappa shape index (κ1) is 18.3. The summed E-state index contributed by atoms with van der Waals surface area (Å²) in [5.74, 6) is -0.268. The minimum absolute atomic E-state index is 0.0624. The Labute approximate surface area is 168 Å². The second-order valence-electron chi connectivity index (χ2n) is 7.10. The molecule has 0 spiro atoms. The molecular weight excluding hydrogens is 383 g/mol. The van der Waals surface area contributed by atoms with Gasteiger partial charge in [-0.15, -0.1) is 0 Å². The molecule has 4 nitrogen and oxygen atoms in total. The van der Waals surface area contributed by atoms with Crippen molar-refractivity contribution in [1.29, 1.82) is 0 Å². The predicted octanol–water partition coefficient (Wildman–Crippen LogP) is 4.36. The molecule has 0 unspecified atom stereocenters. The minimum Gasteiger partial charge on any atom is -0.325 e. The molecule has 2 aromatic carbocycles. The number of carbonyl (C=O) groups is 2. The fourth-order valence-corrected chi connectivity index (χ4v) is 4.22. The van der Waals surface area contributed by atoms with Crippen LogP contribution in [0.4, 0.5) is 5.69 Å². The van der Waals surface area contributed by atoms with E-state index in [1.807, 2.05) is 6.07 Å². The molecule has 1 atom stereocenters. The van der Waals surface area contributed by atoms with Gasteiger partial charge >= 0.3 is 0 Å². The summed E-state index contributed by atoms with van der Waals surface area (Å²) in [6, 6.07) is 10.5. The lowest BCUT2D eigenvalue weighted by Crippen LogP contribution is -2.57. The van der Waals surface area contributed by atoms with E-state index in [0.29, 0.717) is 28.7 Å². The molecule has 0 radical (unpaired) electrons. The predicted molar refractivity (Wildman–Crippen MR) is 108 cm³/mol. The maximum Gasteiger partial charge on any atom is 0.254 e. The van der Waals surface area contributed by atoms with Gasteiger partial charge < -0.3 is 9.80 Å². The normalized spacial score (nSPS) is 19.4. The molecule has 27 heavy (non-hydrogen) atoms. The third-order valence-corrected chi connectivity index (χ3v) is 6.22. The van der Waals surface area contributed by atoms with E-state index >= 15 is 0 Å². The molecule has 4 rings (SSSR count). The largest absolute Gasteiger partial charge is 0.325 e. The number of piperazine rings is 1. The van der Waals surface area contributed by atoms with Gasteiger partial charge in [0.25, 0.3) is 5.91 Å². The number of amides is 2. The highest BCUT2D eigenvalue weighted by molar-refractivity contribution is 6.42. The maximum absolute atomic E-state index is 13.0. The zero-order valence-electron chi connectivity index (χ0n) is 15.0. The van der Waals surface area contributed by atoms with Crippen molar-refractivity contribution in [2.24, 2.45) is 0 Å². The van der Waals surface area contributed by atoms with Crippen LogP contribution in [0.5, 0.6) is 0 Å². The van der Waals surface area contributed by atoms with Gasteiger partial charge in [0.2, 0.25) is 5.91 Å². The van der Waals surface area contributed by atoms with Crippen LogP contribution in [0.2, 0.25) is 10.0 Å². The van der Waals surface area contributed by atoms with E-state index in [2.05, 4.69) is 12.1 Å². The summed E-state index contributed by atoms with van der Waals surface area (Å²) in [4.78, 5) is 29.2. The first-order chi connectivity index (χ1) is 13.0. The van der Waals surface area contributed by atoms with Crippen LogP contribution in [-0.4, -0.2) is 35.8 Å². The zero-order chi connectivity index (χ0) is 19.1. The van der Waals surface area contributed by atoms with Crippen LogP contribution < -0.4 is 4.90 Å². The van der Waals surface area contributed by atoms with Gasteiger partial charge in [-0.1, -0.05) is 29.3 Å². The van der Waals surface area contributed by atoms with Gasteiger partial charge in [0, 0.05) is 24.3 Å². The summed E-state index contributed by atoms with van der Waals surface area (Å²) in [5, 5.41) is 0.733. The van der Waals surface area contributed by atoms with E-state index in [-0.39, 0.29) is 11.8 Å². The average molecular weight is 403 g/mol. The molecule has 2 aliphatic rings. The highest BCUT2D eigenvalue weighted by Crippen LogP contribution is 2.29. The number of hydrogen-bond acceptors (Lipinski definition) is 2. The number of fused-ring (bicyclic) bond motifs is 1. The Hall–Kier alpha value is -2.04. The van der Waals surface area contributed by atoms with E-state index in [1.165, 1.54) is 17.5 Å². The lowest BCUT2D eigenvalue weighted by Gasteiger charge is -2.39. The van der Waals surface area contributed by atoms with Crippen molar-refractivity contribution in [3.63, 3.8) is 0 Å². The Morgan fingerprint density at radius 3 is 2.56 bits per heavy atom. The molecule has 0 N–H and O–H groups in total. The van der Waals surface area contributed by atoms with E-state index in [1.54, 1.807) is 34.9 Å². The van der Waals surface area contributed by atoms with Crippen molar-refractivity contribution in [1.82, 2.24) is 4.90 Å². The van der Waals surface area contributed by atoms with E-state index in [4.69, 9.17) is 23.2 Å². The molecular formula is C21H20Cl2N2O2. The van der Waals surface area contributed by atoms with Crippen molar-refractivity contribution in [3.05, 3.63) is 63.1 Å². The fraction of sp³-hybridized carbons (Fsp3) is 0.333. The highest BCUT2D eigenvalue weighted by Gasteiger charge is 2.35. The molecule has 6 heteroatoms. The smallest absolute Gasteiger partial charge is 0.254 e. The number of nitrogens with zero attached hydrogens (tertiary/aromatic N) is 2. The lowest BCUT2D eigenvalue weighted by molar-refractivity contribution is -0.124. The van der Waals surface area contributed by atoms with Crippen molar-refractivity contribution in [2.45, 2.75) is 32.2 Å². The molecule has 1 fully saturated rings. The number of hydrogen-bond donors (Lipinski definition) is 0. The Morgan fingerprint density at radius 2 is 1.78 bits per heavy atom. The standard InChI is InChI=1S/C21H20Cl2N2O2/c1-13-20(26)25(17-7-5-14-3-2-4-15(14)11-17)10-9-24(13)21(27)16-6-8-18(22)19(23)12-16/h5-8,11-13H,2-4,9-10H2,1H3/t13-/m0/s1. The molecule has 0 aromatic heterocycles. The van der Waals surface area contributed by atoms with Crippen LogP contribution in [0, 0.1) is 0 Å². The quantitative estimate of drug-likeness (QED) is 0.748. The Balaban J connectivity index is 1.54. The number of carbonyl (C=O) groups excluding carboxylic acids is 2. The molecule has 0 saturated carbocycles. The SMILES string of the molecule is C[C@H]1C(=O)N(c2ccc3c(c2)CCC3)CCN1C(=O)c1ccc(Cl)c(Cl)c1. The summed E-state index contributed by atoms with van der Waals surface area (Å²) in [6.07, 6.45) is 3.36. The topological polar surface area (TPSA) is 40.6 Å². The van der Waals surface area contributed by atoms with Gasteiger partial charge in [-0.25, -0.2) is 0 Å². The molecule has 2 amide bonds. The molecule has 1 aliphatic carbocycles. The van der Waals surface area contributed by atoms with Gasteiger partial charge in [-0.2, -0.15) is 0 Å². The molecule has 140 valence electrons. The maximum atomic E-state index is 13.0. The Kier molecular flexibility index (Phi) is 4.87. The molecule has 0 bridgehead atoms. The minimum atomic E-state index is -0.533. The first-order valence-corrected chi connectivity index (χ1v) is 9.90. The monoisotopic (exact) mass is 402 g/mol. The number of benzene rings is 2. The number of anilines is 1. The van der Waals surface area contributed by atoms with Crippen LogP contribution in [-0.2, 0) is 17.6 Å². The lowest BCUT2D eigenvalue weighted by atomic mass is 10.1. The third kappa shape index (κ3) is 3.32. The fourth-order valence-electron chi connectivity index (χ4n) is 3.93. The van der Waals surface area contributed by atoms with Crippen LogP contribution in [0.1, 0.15) is 34.8 Å². The van der Waals surface area contributed by atoms with Crippen LogP contribution >= 0.6 is 23.2 Å². The Bertz CT molecular complexity index is 928. The zero-order valence-corrected chi connectivity index (χ0v) is 16.6. The number of aryl methyl sites for hydroxylation is 2. The summed E-state index contributed by atoms with van der Waals surface area (Å²) in [5.41, 5.74) is 4.08. The molecule has 2 aromatic rings. The molecule has 1 saturated heterocycles. The van der Waals surface area contributed by atoms with E-state index in [9.17, 15) is 9.59 Å². The van der Waals surface area contributed by atoms with Gasteiger partial charge in [0.1, 0.15) is 6.04 Å². The molecule has 1 aliphatic heterocycles. The van der Waals surface area contributed by atoms with Crippen molar-refractivity contribution < 1.29 is 9.59 Å². The van der Waals surface area contributed by atoms with Gasteiger partial charge in [-0.3, -0.25) is 9.59 Å². The van der Waals surface area contributed by atoms with Crippen LogP contribution in [0.3, 0.4) is 0 Å². The summed E-state index contributed by atoms with van der Waals surface area (Å²) in [7, 11) is 0. The van der Waals surface area contributed by atoms with E-state index in [0.717, 1.165) is 18.5 Å². The third-order valence-electron chi connectivity index (χ3n) is 5.48. The first-order valence-electron chi connectivity index (χ1n) is 9.15. The van der Waals surface area contributed by atoms with Crippen LogP contribution in [0.15, 0.2) is 36.4 Å². The van der Waals surface area contributed by atoms with Crippen LogP contribution in [0.25, 0.3) is 0 Å². The summed E-state index contributed by atoms with van der Waals surface area (Å²) in [6.45, 7) is 2.73. The second kappa shape index (κ2) is 7.17. The molecule has 1 heterocycles. The van der Waals surface area contributed by atoms with Gasteiger partial charge in [0.15, 0.2) is 0 Å². The number of halogens is 2. The van der Waals surface area contributed by atoms with Crippen molar-refractivity contribution in [3.8, 4) is 0 Å². The van der Waals surface area contributed by atoms with Crippen molar-refractivity contribution in [2.75, 3.05) is 18.0 Å². The summed E-state index contributed by atoms with van der Waals surface area (Å²) < 4.78 is 0. The highest BCUT2D eigenvalue weighted by atomic mass is 35.5. The van der Waals surface area contributed by atoms with E-state index < -0.39 is 6.04 Å². The average Bonchev–Trinajstić information content (AvgIpc) is 3.13. The Morgan fingerprint density at radius 1 is 1.00 bits per heavy atom. The van der Waals surface area contributed by atoms with Gasteiger partial charge in [0.05, 0.1) is 10.0 Å². The summed E-state index contributed by atoms with van der Waals surface area (Å²) >= 11 is 12.0. The van der Waals surface area contributed by atoms with Gasteiger partial charge in [-0.05, 0) is 67.6 Å². The van der Waals surface area contributed by atoms with Crippen molar-refractivity contribution >= 4 is 40.7 Å². The second-order valence-corrected chi connectivity index (χ2v) is 7.91. The number of rotatable bonds is 2.